The van der Waals surface area contributed by atoms with E-state index in [1.807, 2.05) is 12.1 Å². The number of carbonyl (C=O) groups is 2. The third kappa shape index (κ3) is 8.70. The minimum absolute atomic E-state index is 0. The van der Waals surface area contributed by atoms with Gasteiger partial charge in [-0.1, -0.05) is 12.1 Å². The molecular formula is C16H26IN5O2. The Bertz CT molecular complexity index is 579. The molecule has 24 heavy (non-hydrogen) atoms. The van der Waals surface area contributed by atoms with Crippen molar-refractivity contribution in [3.63, 3.8) is 0 Å². The molecule has 8 heteroatoms. The van der Waals surface area contributed by atoms with Crippen LogP contribution in [0.15, 0.2) is 29.3 Å². The van der Waals surface area contributed by atoms with E-state index in [1.54, 1.807) is 19.2 Å². The maximum atomic E-state index is 11.8. The molecule has 0 bridgehead atoms. The van der Waals surface area contributed by atoms with Crippen LogP contribution in [0.25, 0.3) is 0 Å². The van der Waals surface area contributed by atoms with Crippen molar-refractivity contribution in [1.29, 1.82) is 0 Å². The summed E-state index contributed by atoms with van der Waals surface area (Å²) in [4.78, 5) is 26.6. The second-order valence-electron chi connectivity index (χ2n) is 6.15. The van der Waals surface area contributed by atoms with Gasteiger partial charge in [0.05, 0.1) is 6.54 Å². The van der Waals surface area contributed by atoms with Gasteiger partial charge in [0.15, 0.2) is 5.96 Å². The molecule has 0 spiro atoms. The van der Waals surface area contributed by atoms with E-state index in [-0.39, 0.29) is 42.0 Å². The van der Waals surface area contributed by atoms with E-state index in [0.29, 0.717) is 18.1 Å². The van der Waals surface area contributed by atoms with E-state index in [1.165, 1.54) is 0 Å². The average Bonchev–Trinajstić information content (AvgIpc) is 2.48. The monoisotopic (exact) mass is 447 g/mol. The van der Waals surface area contributed by atoms with Crippen LogP contribution < -0.4 is 21.7 Å². The molecule has 0 aliphatic heterocycles. The number of benzene rings is 1. The number of rotatable bonds is 5. The lowest BCUT2D eigenvalue weighted by Gasteiger charge is -2.23. The first-order valence-corrected chi connectivity index (χ1v) is 7.35. The molecular weight excluding hydrogens is 421 g/mol. The van der Waals surface area contributed by atoms with E-state index in [9.17, 15) is 9.59 Å². The normalized spacial score (nSPS) is 11.2. The fraction of sp³-hybridized carbons (Fsp3) is 0.438. The highest BCUT2D eigenvalue weighted by molar-refractivity contribution is 14.0. The van der Waals surface area contributed by atoms with Crippen LogP contribution in [0.3, 0.4) is 0 Å². The van der Waals surface area contributed by atoms with Crippen LogP contribution in [0.2, 0.25) is 0 Å². The topological polar surface area (TPSA) is 109 Å². The van der Waals surface area contributed by atoms with Crippen molar-refractivity contribution in [3.8, 4) is 0 Å². The predicted molar refractivity (Wildman–Crippen MR) is 106 cm³/mol. The molecule has 0 radical (unpaired) electrons. The number of hydrogen-bond donors (Lipinski definition) is 4. The summed E-state index contributed by atoms with van der Waals surface area (Å²) in [5, 5.41) is 8.92. The van der Waals surface area contributed by atoms with Crippen molar-refractivity contribution in [2.45, 2.75) is 32.9 Å². The molecule has 0 saturated heterocycles. The van der Waals surface area contributed by atoms with Gasteiger partial charge in [-0.25, -0.2) is 0 Å². The van der Waals surface area contributed by atoms with Gasteiger partial charge < -0.3 is 21.7 Å². The van der Waals surface area contributed by atoms with Crippen molar-refractivity contribution in [2.24, 2.45) is 10.7 Å². The van der Waals surface area contributed by atoms with E-state index in [0.717, 1.165) is 5.56 Å². The highest BCUT2D eigenvalue weighted by atomic mass is 127. The number of aliphatic imine (C=N–C) groups is 1. The summed E-state index contributed by atoms with van der Waals surface area (Å²) in [5.74, 6) is -0.189. The van der Waals surface area contributed by atoms with Gasteiger partial charge in [-0.05, 0) is 38.5 Å². The van der Waals surface area contributed by atoms with Gasteiger partial charge in [-0.15, -0.1) is 24.0 Å². The van der Waals surface area contributed by atoms with Gasteiger partial charge in [-0.3, -0.25) is 14.6 Å². The molecule has 0 aliphatic carbocycles. The Morgan fingerprint density at radius 1 is 1.12 bits per heavy atom. The van der Waals surface area contributed by atoms with Gasteiger partial charge in [-0.2, -0.15) is 0 Å². The Kier molecular flexibility index (Phi) is 9.34. The molecule has 1 aromatic rings. The molecule has 1 aromatic carbocycles. The molecule has 1 rings (SSSR count). The van der Waals surface area contributed by atoms with Crippen LogP contribution in [0.5, 0.6) is 0 Å². The average molecular weight is 447 g/mol. The maximum absolute atomic E-state index is 11.8. The van der Waals surface area contributed by atoms with E-state index < -0.39 is 5.91 Å². The maximum Gasteiger partial charge on any atom is 0.251 e. The fourth-order valence-corrected chi connectivity index (χ4v) is 1.76. The summed E-state index contributed by atoms with van der Waals surface area (Å²) in [7, 11) is 1.72. The molecule has 0 fully saturated rings. The third-order valence-corrected chi connectivity index (χ3v) is 2.82. The van der Waals surface area contributed by atoms with Gasteiger partial charge in [0.25, 0.3) is 5.91 Å². The number of nitrogens with zero attached hydrogens (tertiary/aromatic N) is 1. The first-order chi connectivity index (χ1) is 10.7. The Morgan fingerprint density at radius 3 is 2.17 bits per heavy atom. The van der Waals surface area contributed by atoms with E-state index in [2.05, 4.69) is 41.7 Å². The van der Waals surface area contributed by atoms with Gasteiger partial charge in [0.2, 0.25) is 5.91 Å². The largest absolute Gasteiger partial charge is 0.368 e. The number of amides is 2. The van der Waals surface area contributed by atoms with Gasteiger partial charge in [0.1, 0.15) is 0 Å². The lowest BCUT2D eigenvalue weighted by atomic mass is 10.1. The third-order valence-electron chi connectivity index (χ3n) is 2.82. The summed E-state index contributed by atoms with van der Waals surface area (Å²) in [6.07, 6.45) is 0. The summed E-state index contributed by atoms with van der Waals surface area (Å²) in [5.41, 5.74) is 6.40. The van der Waals surface area contributed by atoms with Crippen LogP contribution in [0.4, 0.5) is 0 Å². The molecule has 5 N–H and O–H groups in total. The molecule has 0 saturated carbocycles. The highest BCUT2D eigenvalue weighted by Crippen LogP contribution is 2.05. The number of halogens is 1. The SMILES string of the molecule is CN=C(NCc1ccc(C(=O)NCC(N)=O)cc1)NC(C)(C)C.I. The molecule has 7 nitrogen and oxygen atoms in total. The smallest absolute Gasteiger partial charge is 0.251 e. The number of carbonyl (C=O) groups excluding carboxylic acids is 2. The molecule has 2 amide bonds. The standard InChI is InChI=1S/C16H25N5O2.HI/c1-16(2,3)21-15(18-4)20-9-11-5-7-12(8-6-11)14(23)19-10-13(17)22;/h5-8H,9-10H2,1-4H3,(H2,17,22)(H,19,23)(H2,18,20,21);1H. The number of nitrogens with two attached hydrogens (primary N) is 1. The molecule has 0 heterocycles. The molecule has 0 aromatic heterocycles. The second-order valence-corrected chi connectivity index (χ2v) is 6.15. The minimum Gasteiger partial charge on any atom is -0.368 e. The summed E-state index contributed by atoms with van der Waals surface area (Å²) >= 11 is 0. The van der Waals surface area contributed by atoms with Crippen molar-refractivity contribution in [3.05, 3.63) is 35.4 Å². The lowest BCUT2D eigenvalue weighted by Crippen LogP contribution is -2.47. The van der Waals surface area contributed by atoms with Crippen molar-refractivity contribution < 1.29 is 9.59 Å². The highest BCUT2D eigenvalue weighted by Gasteiger charge is 2.11. The van der Waals surface area contributed by atoms with Crippen molar-refractivity contribution in [2.75, 3.05) is 13.6 Å². The zero-order valence-electron chi connectivity index (χ0n) is 14.5. The summed E-state index contributed by atoms with van der Waals surface area (Å²) in [6.45, 7) is 6.58. The molecule has 134 valence electrons. The predicted octanol–water partition coefficient (Wildman–Crippen LogP) is 0.983. The lowest BCUT2D eigenvalue weighted by molar-refractivity contribution is -0.117. The molecule has 0 aliphatic rings. The molecule has 0 unspecified atom stereocenters. The number of primary amides is 1. The number of hydrogen-bond acceptors (Lipinski definition) is 3. The Hall–Kier alpha value is -1.84. The second kappa shape index (κ2) is 10.1. The number of guanidine groups is 1. The van der Waals surface area contributed by atoms with E-state index in [4.69, 9.17) is 5.73 Å². The van der Waals surface area contributed by atoms with Crippen LogP contribution in [0, 0.1) is 0 Å². The van der Waals surface area contributed by atoms with Crippen LogP contribution in [-0.4, -0.2) is 36.9 Å². The molecule has 0 atom stereocenters. The van der Waals surface area contributed by atoms with Gasteiger partial charge >= 0.3 is 0 Å². The van der Waals surface area contributed by atoms with Crippen molar-refractivity contribution in [1.82, 2.24) is 16.0 Å². The Labute approximate surface area is 159 Å². The van der Waals surface area contributed by atoms with Gasteiger partial charge in [0, 0.05) is 24.7 Å². The fourth-order valence-electron chi connectivity index (χ4n) is 1.76. The van der Waals surface area contributed by atoms with Crippen molar-refractivity contribution >= 4 is 41.8 Å². The number of nitrogens with one attached hydrogen (secondary N) is 3. The summed E-state index contributed by atoms with van der Waals surface area (Å²) < 4.78 is 0. The quantitative estimate of drug-likeness (QED) is 0.307. The Balaban J connectivity index is 0.00000529. The van der Waals surface area contributed by atoms with E-state index >= 15 is 0 Å². The zero-order chi connectivity index (χ0) is 17.5. The minimum atomic E-state index is -0.572. The first kappa shape index (κ1) is 22.2. The van der Waals surface area contributed by atoms with Crippen LogP contribution in [0.1, 0.15) is 36.7 Å². The van der Waals surface area contributed by atoms with Crippen LogP contribution >= 0.6 is 24.0 Å². The van der Waals surface area contributed by atoms with Crippen LogP contribution in [-0.2, 0) is 11.3 Å². The summed E-state index contributed by atoms with van der Waals surface area (Å²) in [6, 6.07) is 7.09. The first-order valence-electron chi connectivity index (χ1n) is 7.35. The Morgan fingerprint density at radius 2 is 1.71 bits per heavy atom. The zero-order valence-corrected chi connectivity index (χ0v) is 16.8.